The number of carbonyl (C=O) groups is 1. The van der Waals surface area contributed by atoms with Gasteiger partial charge in [-0.25, -0.2) is 24.1 Å². The van der Waals surface area contributed by atoms with Gasteiger partial charge >= 0.3 is 6.09 Å². The van der Waals surface area contributed by atoms with Crippen LogP contribution in [0.1, 0.15) is 20.8 Å². The summed E-state index contributed by atoms with van der Waals surface area (Å²) in [5.41, 5.74) is 0.778. The third-order valence-electron chi connectivity index (χ3n) is 4.58. The van der Waals surface area contributed by atoms with Crippen LogP contribution in [0.3, 0.4) is 0 Å². The van der Waals surface area contributed by atoms with Gasteiger partial charge in [0.1, 0.15) is 29.1 Å². The first-order valence-electron chi connectivity index (χ1n) is 9.76. The van der Waals surface area contributed by atoms with E-state index in [1.165, 1.54) is 24.5 Å². The first-order valence-corrected chi connectivity index (χ1v) is 10.1. The molecule has 10 heteroatoms. The topological polar surface area (TPSA) is 92.3 Å². The molecule has 162 valence electrons. The first-order chi connectivity index (χ1) is 14.7. The third-order valence-corrected chi connectivity index (χ3v) is 4.81. The fourth-order valence-electron chi connectivity index (χ4n) is 3.15. The molecule has 8 nitrogen and oxygen atoms in total. The van der Waals surface area contributed by atoms with E-state index >= 15 is 0 Å². The van der Waals surface area contributed by atoms with Crippen molar-refractivity contribution in [1.29, 1.82) is 0 Å². The van der Waals surface area contributed by atoms with Crippen LogP contribution in [-0.4, -0.2) is 45.8 Å². The van der Waals surface area contributed by atoms with Gasteiger partial charge in [-0.05, 0) is 51.1 Å². The van der Waals surface area contributed by atoms with E-state index in [9.17, 15) is 9.18 Å². The summed E-state index contributed by atoms with van der Waals surface area (Å²) in [6.07, 6.45) is 0.950. The molecule has 0 atom stereocenters. The van der Waals surface area contributed by atoms with Gasteiger partial charge < -0.3 is 20.3 Å². The summed E-state index contributed by atoms with van der Waals surface area (Å²) >= 11 is 5.98. The number of ether oxygens (including phenoxy) is 1. The summed E-state index contributed by atoms with van der Waals surface area (Å²) in [7, 11) is 0. The minimum atomic E-state index is -0.542. The van der Waals surface area contributed by atoms with Crippen molar-refractivity contribution in [3.63, 3.8) is 0 Å². The normalized spacial score (nSPS) is 14.3. The Balaban J connectivity index is 1.49. The lowest BCUT2D eigenvalue weighted by Crippen LogP contribution is -2.60. The SMILES string of the molecule is CC(C)(C)OC(=O)NC1CN(c2ccc3ncnc(Nc4cc(Cl)ccc4F)c3n2)C1. The monoisotopic (exact) mass is 444 g/mol. The zero-order chi connectivity index (χ0) is 22.2. The Bertz CT molecular complexity index is 1130. The number of rotatable bonds is 4. The molecule has 2 aromatic heterocycles. The highest BCUT2D eigenvalue weighted by atomic mass is 35.5. The van der Waals surface area contributed by atoms with Gasteiger partial charge in [0, 0.05) is 18.1 Å². The van der Waals surface area contributed by atoms with E-state index in [-0.39, 0.29) is 11.7 Å². The molecule has 0 radical (unpaired) electrons. The van der Waals surface area contributed by atoms with Crippen molar-refractivity contribution in [1.82, 2.24) is 20.3 Å². The number of amides is 1. The fraction of sp³-hybridized carbons (Fsp3) is 0.333. The number of carbonyl (C=O) groups excluding carboxylic acids is 1. The van der Waals surface area contributed by atoms with E-state index in [0.29, 0.717) is 40.8 Å². The van der Waals surface area contributed by atoms with Crippen LogP contribution in [0.2, 0.25) is 5.02 Å². The van der Waals surface area contributed by atoms with Crippen LogP contribution in [0.4, 0.5) is 26.5 Å². The molecule has 1 aliphatic heterocycles. The Morgan fingerprint density at radius 2 is 2.00 bits per heavy atom. The minimum absolute atomic E-state index is 0.0301. The number of hydrogen-bond donors (Lipinski definition) is 2. The van der Waals surface area contributed by atoms with Gasteiger partial charge in [-0.1, -0.05) is 11.6 Å². The smallest absolute Gasteiger partial charge is 0.407 e. The number of anilines is 3. The summed E-state index contributed by atoms with van der Waals surface area (Å²) in [6, 6.07) is 7.89. The van der Waals surface area contributed by atoms with E-state index in [1.807, 2.05) is 37.8 Å². The Hall–Kier alpha value is -3.20. The zero-order valence-electron chi connectivity index (χ0n) is 17.3. The van der Waals surface area contributed by atoms with Crippen LogP contribution in [0.15, 0.2) is 36.7 Å². The Morgan fingerprint density at radius 1 is 1.23 bits per heavy atom. The van der Waals surface area contributed by atoms with Crippen molar-refractivity contribution in [3.8, 4) is 0 Å². The molecule has 1 aromatic carbocycles. The largest absolute Gasteiger partial charge is 0.444 e. The molecule has 3 aromatic rings. The quantitative estimate of drug-likeness (QED) is 0.620. The highest BCUT2D eigenvalue weighted by Crippen LogP contribution is 2.28. The van der Waals surface area contributed by atoms with Crippen molar-refractivity contribution >= 4 is 46.1 Å². The van der Waals surface area contributed by atoms with E-state index in [1.54, 1.807) is 0 Å². The summed E-state index contributed by atoms with van der Waals surface area (Å²) < 4.78 is 19.4. The van der Waals surface area contributed by atoms with Crippen molar-refractivity contribution in [2.75, 3.05) is 23.3 Å². The average Bonchev–Trinajstić information content (AvgIpc) is 2.66. The van der Waals surface area contributed by atoms with Crippen LogP contribution < -0.4 is 15.5 Å². The molecule has 0 bridgehead atoms. The van der Waals surface area contributed by atoms with E-state index < -0.39 is 17.5 Å². The summed E-state index contributed by atoms with van der Waals surface area (Å²) in [5.74, 6) is 0.627. The van der Waals surface area contributed by atoms with Gasteiger partial charge in [-0.3, -0.25) is 0 Å². The number of nitrogens with one attached hydrogen (secondary N) is 2. The van der Waals surface area contributed by atoms with Crippen LogP contribution in [0.25, 0.3) is 11.0 Å². The molecule has 3 heterocycles. The van der Waals surface area contributed by atoms with Crippen LogP contribution in [0, 0.1) is 5.82 Å². The number of alkyl carbamates (subject to hydrolysis) is 1. The maximum Gasteiger partial charge on any atom is 0.407 e. The second-order valence-electron chi connectivity index (χ2n) is 8.26. The average molecular weight is 445 g/mol. The molecular weight excluding hydrogens is 423 g/mol. The summed E-state index contributed by atoms with van der Waals surface area (Å²) in [5, 5.41) is 6.20. The molecule has 4 rings (SSSR count). The fourth-order valence-corrected chi connectivity index (χ4v) is 3.32. The molecule has 1 saturated heterocycles. The lowest BCUT2D eigenvalue weighted by atomic mass is 10.1. The second kappa shape index (κ2) is 8.14. The number of halogens is 2. The molecule has 0 saturated carbocycles. The number of benzene rings is 1. The van der Waals surface area contributed by atoms with Crippen molar-refractivity contribution < 1.29 is 13.9 Å². The Morgan fingerprint density at radius 3 is 2.74 bits per heavy atom. The van der Waals surface area contributed by atoms with E-state index in [2.05, 4.69) is 25.6 Å². The maximum absolute atomic E-state index is 14.1. The van der Waals surface area contributed by atoms with Crippen molar-refractivity contribution in [3.05, 3.63) is 47.5 Å². The molecular formula is C21H22ClFN6O2. The van der Waals surface area contributed by atoms with Crippen LogP contribution >= 0.6 is 11.6 Å². The lowest BCUT2D eigenvalue weighted by molar-refractivity contribution is 0.0496. The van der Waals surface area contributed by atoms with E-state index in [0.717, 1.165) is 0 Å². The standard InChI is InChI=1S/C21H22ClFN6O2/c1-21(2,3)31-20(30)26-13-9-29(10-13)17-7-6-15-18(28-17)19(25-11-24-15)27-16-8-12(22)4-5-14(16)23/h4-8,11,13H,9-10H2,1-3H3,(H,26,30)(H,24,25,27). The number of aromatic nitrogens is 3. The number of hydrogen-bond acceptors (Lipinski definition) is 7. The van der Waals surface area contributed by atoms with Gasteiger partial charge in [-0.15, -0.1) is 0 Å². The molecule has 2 N–H and O–H groups in total. The number of fused-ring (bicyclic) bond motifs is 1. The van der Waals surface area contributed by atoms with Gasteiger partial charge in [0.15, 0.2) is 5.82 Å². The molecule has 1 amide bonds. The maximum atomic E-state index is 14.1. The zero-order valence-corrected chi connectivity index (χ0v) is 18.1. The molecule has 31 heavy (non-hydrogen) atoms. The van der Waals surface area contributed by atoms with Crippen molar-refractivity contribution in [2.45, 2.75) is 32.4 Å². The number of pyridine rings is 1. The van der Waals surface area contributed by atoms with Gasteiger partial charge in [0.2, 0.25) is 0 Å². The van der Waals surface area contributed by atoms with Gasteiger partial charge in [0.05, 0.1) is 17.2 Å². The molecule has 0 aliphatic carbocycles. The predicted octanol–water partition coefficient (Wildman–Crippen LogP) is 4.27. The minimum Gasteiger partial charge on any atom is -0.444 e. The van der Waals surface area contributed by atoms with Crippen LogP contribution in [0.5, 0.6) is 0 Å². The highest BCUT2D eigenvalue weighted by molar-refractivity contribution is 6.30. The van der Waals surface area contributed by atoms with E-state index in [4.69, 9.17) is 16.3 Å². The van der Waals surface area contributed by atoms with Crippen LogP contribution in [-0.2, 0) is 4.74 Å². The molecule has 0 unspecified atom stereocenters. The molecule has 1 fully saturated rings. The molecule has 1 aliphatic rings. The third kappa shape index (κ3) is 4.93. The highest BCUT2D eigenvalue weighted by Gasteiger charge is 2.30. The van der Waals surface area contributed by atoms with Gasteiger partial charge in [0.25, 0.3) is 0 Å². The number of nitrogens with zero attached hydrogens (tertiary/aromatic N) is 4. The Kier molecular flexibility index (Phi) is 5.53. The summed E-state index contributed by atoms with van der Waals surface area (Å²) in [4.78, 5) is 27.0. The lowest BCUT2D eigenvalue weighted by Gasteiger charge is -2.40. The van der Waals surface area contributed by atoms with Gasteiger partial charge in [-0.2, -0.15) is 0 Å². The Labute approximate surface area is 183 Å². The second-order valence-corrected chi connectivity index (χ2v) is 8.69. The van der Waals surface area contributed by atoms with Crippen molar-refractivity contribution in [2.24, 2.45) is 0 Å². The first kappa shape index (κ1) is 21.0. The predicted molar refractivity (Wildman–Crippen MR) is 117 cm³/mol. The summed E-state index contributed by atoms with van der Waals surface area (Å²) in [6.45, 7) is 6.65. The molecule has 0 spiro atoms.